The van der Waals surface area contributed by atoms with Crippen molar-refractivity contribution in [2.45, 2.75) is 13.0 Å². The number of carbonyl (C=O) groups is 1. The highest BCUT2D eigenvalue weighted by Gasteiger charge is 2.13. The summed E-state index contributed by atoms with van der Waals surface area (Å²) in [6, 6.07) is 6.27. The highest BCUT2D eigenvalue weighted by molar-refractivity contribution is 7.13. The molecule has 2 rings (SSSR count). The van der Waals surface area contributed by atoms with E-state index >= 15 is 0 Å². The number of hydrogen-bond donors (Lipinski definition) is 2. The molecule has 0 fully saturated rings. The minimum atomic E-state index is -0.451. The number of amides is 1. The molecule has 1 aromatic carbocycles. The van der Waals surface area contributed by atoms with Crippen molar-refractivity contribution in [3.05, 3.63) is 45.5 Å². The first kappa shape index (κ1) is 16.1. The summed E-state index contributed by atoms with van der Waals surface area (Å²) >= 11 is 1.33. The van der Waals surface area contributed by atoms with Gasteiger partial charge in [0.1, 0.15) is 10.7 Å². The maximum absolute atomic E-state index is 12.0. The molecule has 2 aromatic rings. The van der Waals surface area contributed by atoms with Crippen LogP contribution in [0.4, 0.5) is 5.69 Å². The monoisotopic (exact) mass is 320 g/mol. The van der Waals surface area contributed by atoms with Crippen LogP contribution < -0.4 is 10.6 Å². The molecule has 0 aliphatic carbocycles. The summed E-state index contributed by atoms with van der Waals surface area (Å²) in [5.41, 5.74) is 1.12. The van der Waals surface area contributed by atoms with E-state index in [1.54, 1.807) is 17.5 Å². The van der Waals surface area contributed by atoms with Crippen LogP contribution in [0.15, 0.2) is 29.6 Å². The summed E-state index contributed by atoms with van der Waals surface area (Å²) in [6.45, 7) is 2.48. The van der Waals surface area contributed by atoms with E-state index in [0.29, 0.717) is 17.2 Å². The smallest absolute Gasteiger partial charge is 0.270 e. The van der Waals surface area contributed by atoms with E-state index in [9.17, 15) is 14.9 Å². The second-order valence-corrected chi connectivity index (χ2v) is 5.60. The van der Waals surface area contributed by atoms with Crippen LogP contribution in [0, 0.1) is 10.1 Å². The molecule has 1 amide bonds. The molecular weight excluding hydrogens is 304 g/mol. The van der Waals surface area contributed by atoms with Crippen molar-refractivity contribution in [1.29, 1.82) is 0 Å². The molecule has 1 atom stereocenters. The molecule has 0 aliphatic rings. The molecule has 0 spiro atoms. The molecule has 1 heterocycles. The Labute approximate surface area is 131 Å². The normalized spacial score (nSPS) is 11.9. The van der Waals surface area contributed by atoms with E-state index in [4.69, 9.17) is 0 Å². The van der Waals surface area contributed by atoms with Gasteiger partial charge in [0.2, 0.25) is 0 Å². The van der Waals surface area contributed by atoms with Gasteiger partial charge in [-0.3, -0.25) is 14.9 Å². The fourth-order valence-electron chi connectivity index (χ4n) is 1.67. The number of non-ortho nitro benzene ring substituents is 1. The second kappa shape index (κ2) is 7.10. The molecule has 22 heavy (non-hydrogen) atoms. The van der Waals surface area contributed by atoms with Gasteiger partial charge in [0.15, 0.2) is 0 Å². The number of thiazole rings is 1. The third kappa shape index (κ3) is 3.86. The summed E-state index contributed by atoms with van der Waals surface area (Å²) < 4.78 is 0. The van der Waals surface area contributed by atoms with Gasteiger partial charge in [-0.05, 0) is 26.1 Å². The van der Waals surface area contributed by atoms with Crippen LogP contribution in [0.2, 0.25) is 0 Å². The quantitative estimate of drug-likeness (QED) is 0.627. The Morgan fingerprint density at radius 3 is 2.68 bits per heavy atom. The summed E-state index contributed by atoms with van der Waals surface area (Å²) in [4.78, 5) is 26.4. The number of hydrogen-bond acceptors (Lipinski definition) is 6. The molecule has 116 valence electrons. The summed E-state index contributed by atoms with van der Waals surface area (Å²) in [7, 11) is 1.83. The number of likely N-dealkylation sites (N-methyl/N-ethyl adjacent to an activating group) is 1. The molecule has 0 saturated carbocycles. The van der Waals surface area contributed by atoms with Crippen LogP contribution in [0.1, 0.15) is 17.4 Å². The van der Waals surface area contributed by atoms with E-state index in [1.165, 1.54) is 23.5 Å². The first-order chi connectivity index (χ1) is 10.5. The topological polar surface area (TPSA) is 97.2 Å². The van der Waals surface area contributed by atoms with Gasteiger partial charge in [-0.15, -0.1) is 11.3 Å². The van der Waals surface area contributed by atoms with Gasteiger partial charge >= 0.3 is 0 Å². The fraction of sp³-hybridized carbons (Fsp3) is 0.286. The van der Waals surface area contributed by atoms with Gasteiger partial charge < -0.3 is 10.6 Å². The van der Waals surface area contributed by atoms with E-state index < -0.39 is 4.92 Å². The van der Waals surface area contributed by atoms with Crippen molar-refractivity contribution in [1.82, 2.24) is 15.6 Å². The van der Waals surface area contributed by atoms with Crippen molar-refractivity contribution in [3.8, 4) is 10.6 Å². The number of aromatic nitrogens is 1. The third-order valence-corrected chi connectivity index (χ3v) is 4.01. The Balaban J connectivity index is 2.07. The average molecular weight is 320 g/mol. The maximum Gasteiger partial charge on any atom is 0.270 e. The van der Waals surface area contributed by atoms with E-state index in [2.05, 4.69) is 15.6 Å². The summed E-state index contributed by atoms with van der Waals surface area (Å²) in [5, 5.41) is 18.8. The van der Waals surface area contributed by atoms with Gasteiger partial charge in [-0.25, -0.2) is 4.98 Å². The SMILES string of the molecule is CNC(C)CNC(=O)c1csc(-c2ccc([N+](=O)[O-])cc2)n1. The number of nitro benzene ring substituents is 1. The Morgan fingerprint density at radius 2 is 2.09 bits per heavy atom. The van der Waals surface area contributed by atoms with Gasteiger partial charge in [0.25, 0.3) is 11.6 Å². The lowest BCUT2D eigenvalue weighted by atomic mass is 10.2. The van der Waals surface area contributed by atoms with Gasteiger partial charge in [0.05, 0.1) is 4.92 Å². The number of carbonyl (C=O) groups excluding carboxylic acids is 1. The highest BCUT2D eigenvalue weighted by atomic mass is 32.1. The molecule has 0 radical (unpaired) electrons. The first-order valence-electron chi connectivity index (χ1n) is 6.67. The van der Waals surface area contributed by atoms with E-state index in [-0.39, 0.29) is 17.6 Å². The molecule has 8 heteroatoms. The minimum absolute atomic E-state index is 0.0272. The number of rotatable bonds is 6. The zero-order chi connectivity index (χ0) is 16.1. The maximum atomic E-state index is 12.0. The van der Waals surface area contributed by atoms with E-state index in [0.717, 1.165) is 5.56 Å². The zero-order valence-electron chi connectivity index (χ0n) is 12.2. The van der Waals surface area contributed by atoms with Crippen molar-refractivity contribution in [2.75, 3.05) is 13.6 Å². The van der Waals surface area contributed by atoms with Gasteiger partial charge in [-0.2, -0.15) is 0 Å². The molecular formula is C14H16N4O3S. The lowest BCUT2D eigenvalue weighted by Crippen LogP contribution is -2.37. The number of nitrogens with zero attached hydrogens (tertiary/aromatic N) is 2. The average Bonchev–Trinajstić information content (AvgIpc) is 3.02. The summed E-state index contributed by atoms with van der Waals surface area (Å²) in [5.74, 6) is -0.230. The van der Waals surface area contributed by atoms with Crippen molar-refractivity contribution >= 4 is 22.9 Å². The van der Waals surface area contributed by atoms with Crippen LogP contribution >= 0.6 is 11.3 Å². The Kier molecular flexibility index (Phi) is 5.18. The third-order valence-electron chi connectivity index (χ3n) is 3.12. The molecule has 0 saturated heterocycles. The molecule has 7 nitrogen and oxygen atoms in total. The first-order valence-corrected chi connectivity index (χ1v) is 7.55. The van der Waals surface area contributed by atoms with E-state index in [1.807, 2.05) is 14.0 Å². The van der Waals surface area contributed by atoms with Crippen molar-refractivity contribution in [3.63, 3.8) is 0 Å². The van der Waals surface area contributed by atoms with Crippen LogP contribution in [0.3, 0.4) is 0 Å². The highest BCUT2D eigenvalue weighted by Crippen LogP contribution is 2.25. The van der Waals surface area contributed by atoms with Crippen molar-refractivity contribution < 1.29 is 9.72 Å². The van der Waals surface area contributed by atoms with Gasteiger partial charge in [0, 0.05) is 35.7 Å². The second-order valence-electron chi connectivity index (χ2n) is 4.74. The van der Waals surface area contributed by atoms with Crippen LogP contribution in [0.25, 0.3) is 10.6 Å². The largest absolute Gasteiger partial charge is 0.349 e. The van der Waals surface area contributed by atoms with Crippen LogP contribution in [0.5, 0.6) is 0 Å². The minimum Gasteiger partial charge on any atom is -0.349 e. The molecule has 1 unspecified atom stereocenters. The van der Waals surface area contributed by atoms with Crippen molar-refractivity contribution in [2.24, 2.45) is 0 Å². The Morgan fingerprint density at radius 1 is 1.41 bits per heavy atom. The lowest BCUT2D eigenvalue weighted by molar-refractivity contribution is -0.384. The van der Waals surface area contributed by atoms with Gasteiger partial charge in [-0.1, -0.05) is 0 Å². The molecule has 1 aromatic heterocycles. The predicted octanol–water partition coefficient (Wildman–Crippen LogP) is 2.06. The standard InChI is InChI=1S/C14H16N4O3S/c1-9(15-2)7-16-13(19)12-8-22-14(17-12)10-3-5-11(6-4-10)18(20)21/h3-6,8-9,15H,7H2,1-2H3,(H,16,19). The fourth-order valence-corrected chi connectivity index (χ4v) is 2.48. The predicted molar refractivity (Wildman–Crippen MR) is 85.1 cm³/mol. The number of nitro groups is 1. The Hall–Kier alpha value is -2.32. The lowest BCUT2D eigenvalue weighted by Gasteiger charge is -2.10. The number of nitrogens with one attached hydrogen (secondary N) is 2. The summed E-state index contributed by atoms with van der Waals surface area (Å²) in [6.07, 6.45) is 0. The zero-order valence-corrected chi connectivity index (χ0v) is 13.0. The Bertz CT molecular complexity index is 669. The van der Waals surface area contributed by atoms with Crippen LogP contribution in [-0.2, 0) is 0 Å². The number of benzene rings is 1. The molecule has 0 bridgehead atoms. The van der Waals surface area contributed by atoms with Crippen LogP contribution in [-0.4, -0.2) is 35.4 Å². The molecule has 2 N–H and O–H groups in total. The molecule has 0 aliphatic heterocycles.